The van der Waals surface area contributed by atoms with Gasteiger partial charge in [-0.3, -0.25) is 9.59 Å². The van der Waals surface area contributed by atoms with Gasteiger partial charge in [-0.15, -0.1) is 0 Å². The average Bonchev–Trinajstić information content (AvgIpc) is 2.58. The van der Waals surface area contributed by atoms with Crippen molar-refractivity contribution in [3.63, 3.8) is 0 Å². The van der Waals surface area contributed by atoms with Crippen molar-refractivity contribution in [1.82, 2.24) is 15.5 Å². The minimum Gasteiger partial charge on any atom is -0.444 e. The van der Waals surface area contributed by atoms with Gasteiger partial charge in [-0.1, -0.05) is 32.0 Å². The number of nitrogens with zero attached hydrogens (tertiary/aromatic N) is 1. The second-order valence-electron chi connectivity index (χ2n) is 10.8. The molecule has 2 atom stereocenters. The smallest absolute Gasteiger partial charge is 0.408 e. The highest BCUT2D eigenvalue weighted by molar-refractivity contribution is 5.92. The third kappa shape index (κ3) is 7.84. The Kier molecular flexibility index (Phi) is 8.90. The highest BCUT2D eigenvalue weighted by Gasteiger charge is 2.37. The lowest BCUT2D eigenvalue weighted by atomic mass is 9.92. The highest BCUT2D eigenvalue weighted by Crippen LogP contribution is 2.28. The summed E-state index contributed by atoms with van der Waals surface area (Å²) in [4.78, 5) is 40.8. The van der Waals surface area contributed by atoms with Crippen molar-refractivity contribution >= 4 is 17.9 Å². The van der Waals surface area contributed by atoms with Crippen LogP contribution in [0.4, 0.5) is 4.79 Å². The van der Waals surface area contributed by atoms with Crippen LogP contribution in [0.3, 0.4) is 0 Å². The van der Waals surface area contributed by atoms with Crippen molar-refractivity contribution in [2.75, 3.05) is 7.05 Å². The summed E-state index contributed by atoms with van der Waals surface area (Å²) in [7, 11) is 1.60. The molecule has 2 unspecified atom stereocenters. The third-order valence-electron chi connectivity index (χ3n) is 4.90. The number of aryl methyl sites for hydroxylation is 2. The van der Waals surface area contributed by atoms with E-state index in [0.717, 1.165) is 16.7 Å². The van der Waals surface area contributed by atoms with E-state index in [2.05, 4.69) is 10.6 Å². The van der Waals surface area contributed by atoms with E-state index in [1.165, 1.54) is 4.90 Å². The molecular formula is C25H41N3O4. The Morgan fingerprint density at radius 1 is 0.969 bits per heavy atom. The van der Waals surface area contributed by atoms with Gasteiger partial charge in [-0.2, -0.15) is 0 Å². The molecule has 1 aromatic carbocycles. The zero-order valence-electron chi connectivity index (χ0n) is 21.5. The van der Waals surface area contributed by atoms with E-state index in [-0.39, 0.29) is 17.7 Å². The number of rotatable bonds is 6. The maximum absolute atomic E-state index is 13.6. The Morgan fingerprint density at radius 2 is 1.47 bits per heavy atom. The monoisotopic (exact) mass is 447 g/mol. The Bertz CT molecular complexity index is 814. The number of nitrogens with one attached hydrogen (secondary N) is 2. The summed E-state index contributed by atoms with van der Waals surface area (Å²) in [5.41, 5.74) is 1.46. The topological polar surface area (TPSA) is 87.7 Å². The molecule has 0 aliphatic carbocycles. The molecule has 0 fully saturated rings. The highest BCUT2D eigenvalue weighted by atomic mass is 16.6. The lowest BCUT2D eigenvalue weighted by Crippen LogP contribution is -2.55. The van der Waals surface area contributed by atoms with Crippen LogP contribution in [0.2, 0.25) is 0 Å². The summed E-state index contributed by atoms with van der Waals surface area (Å²) in [6, 6.07) is 4.09. The van der Waals surface area contributed by atoms with E-state index in [1.54, 1.807) is 27.8 Å². The third-order valence-corrected chi connectivity index (χ3v) is 4.90. The van der Waals surface area contributed by atoms with Crippen molar-refractivity contribution in [2.24, 2.45) is 5.92 Å². The number of hydrogen-bond donors (Lipinski definition) is 2. The Hall–Kier alpha value is -2.57. The molecule has 0 aromatic heterocycles. The maximum Gasteiger partial charge on any atom is 0.408 e. The van der Waals surface area contributed by atoms with Gasteiger partial charge in [0, 0.05) is 12.6 Å². The van der Waals surface area contributed by atoms with Gasteiger partial charge >= 0.3 is 6.09 Å². The summed E-state index contributed by atoms with van der Waals surface area (Å²) < 4.78 is 5.34. The fourth-order valence-electron chi connectivity index (χ4n) is 3.49. The summed E-state index contributed by atoms with van der Waals surface area (Å²) in [6.45, 7) is 18.5. The molecule has 3 amide bonds. The Labute approximate surface area is 193 Å². The molecule has 1 aromatic rings. The summed E-state index contributed by atoms with van der Waals surface area (Å²) in [5.74, 6) is -0.838. The molecule has 0 radical (unpaired) electrons. The number of alkyl carbamates (subject to hydrolysis) is 1. The van der Waals surface area contributed by atoms with Crippen LogP contribution in [0.1, 0.15) is 78.1 Å². The number of carbonyl (C=O) groups is 3. The first-order valence-electron chi connectivity index (χ1n) is 11.1. The number of carbonyl (C=O) groups excluding carboxylic acids is 3. The van der Waals surface area contributed by atoms with E-state index in [4.69, 9.17) is 4.74 Å². The van der Waals surface area contributed by atoms with Crippen LogP contribution >= 0.6 is 0 Å². The fraction of sp³-hybridized carbons (Fsp3) is 0.640. The van der Waals surface area contributed by atoms with E-state index in [9.17, 15) is 14.4 Å². The number of benzene rings is 1. The zero-order chi connectivity index (χ0) is 25.0. The van der Waals surface area contributed by atoms with Crippen LogP contribution < -0.4 is 10.6 Å². The summed E-state index contributed by atoms with van der Waals surface area (Å²) in [5, 5.41) is 5.70. The lowest BCUT2D eigenvalue weighted by Gasteiger charge is -2.35. The van der Waals surface area contributed by atoms with Crippen molar-refractivity contribution in [3.05, 3.63) is 34.9 Å². The molecule has 1 rings (SSSR count). The van der Waals surface area contributed by atoms with Crippen LogP contribution in [0, 0.1) is 19.8 Å². The summed E-state index contributed by atoms with van der Waals surface area (Å²) in [6.07, 6.45) is -0.666. The predicted molar refractivity (Wildman–Crippen MR) is 127 cm³/mol. The summed E-state index contributed by atoms with van der Waals surface area (Å²) >= 11 is 0. The molecule has 0 aliphatic heterocycles. The quantitative estimate of drug-likeness (QED) is 0.682. The second-order valence-corrected chi connectivity index (χ2v) is 10.8. The molecule has 0 heterocycles. The van der Waals surface area contributed by atoms with Crippen molar-refractivity contribution < 1.29 is 19.1 Å². The van der Waals surface area contributed by atoms with Gasteiger partial charge in [0.15, 0.2) is 0 Å². The van der Waals surface area contributed by atoms with Crippen LogP contribution in [0.15, 0.2) is 18.2 Å². The van der Waals surface area contributed by atoms with Gasteiger partial charge < -0.3 is 20.3 Å². The maximum atomic E-state index is 13.6. The predicted octanol–water partition coefficient (Wildman–Crippen LogP) is 4.27. The fourth-order valence-corrected chi connectivity index (χ4v) is 3.49. The van der Waals surface area contributed by atoms with Gasteiger partial charge in [0.25, 0.3) is 0 Å². The first-order valence-corrected chi connectivity index (χ1v) is 11.1. The van der Waals surface area contributed by atoms with Crippen molar-refractivity contribution in [3.8, 4) is 0 Å². The average molecular weight is 448 g/mol. The molecule has 0 saturated heterocycles. The van der Waals surface area contributed by atoms with Gasteiger partial charge in [0.1, 0.15) is 17.7 Å². The van der Waals surface area contributed by atoms with Gasteiger partial charge in [-0.05, 0) is 78.0 Å². The Morgan fingerprint density at radius 3 is 1.88 bits per heavy atom. The molecule has 0 aliphatic rings. The van der Waals surface area contributed by atoms with Gasteiger partial charge in [0.2, 0.25) is 11.8 Å². The largest absolute Gasteiger partial charge is 0.444 e. The second kappa shape index (κ2) is 10.4. The van der Waals surface area contributed by atoms with Crippen LogP contribution in [-0.4, -0.2) is 47.0 Å². The van der Waals surface area contributed by atoms with Gasteiger partial charge in [-0.25, -0.2) is 4.79 Å². The van der Waals surface area contributed by atoms with Crippen LogP contribution in [-0.2, 0) is 14.3 Å². The number of likely N-dealkylation sites (N-methyl/N-ethyl adjacent to an activating group) is 1. The van der Waals surface area contributed by atoms with Crippen LogP contribution in [0.5, 0.6) is 0 Å². The molecule has 180 valence electrons. The van der Waals surface area contributed by atoms with Crippen LogP contribution in [0.25, 0.3) is 0 Å². The first-order chi connectivity index (χ1) is 14.4. The number of hydrogen-bond acceptors (Lipinski definition) is 4. The van der Waals surface area contributed by atoms with E-state index in [0.29, 0.717) is 0 Å². The first kappa shape index (κ1) is 27.5. The lowest BCUT2D eigenvalue weighted by molar-refractivity contribution is -0.142. The molecule has 2 N–H and O–H groups in total. The minimum absolute atomic E-state index is 0.207. The minimum atomic E-state index is -0.843. The SMILES string of the molecule is Cc1cccc(C)c1C(C(=O)NC(C)(C)C)N(C)C(=O)C(NC(=O)OC(C)(C)C)C(C)C. The van der Waals surface area contributed by atoms with E-state index in [1.807, 2.05) is 66.7 Å². The molecule has 0 bridgehead atoms. The Balaban J connectivity index is 3.37. The standard InChI is InChI=1S/C25H41N3O4/c1-15(2)19(26-23(31)32-25(8,9)10)22(30)28(11)20(21(29)27-24(5,6)7)18-16(3)13-12-14-17(18)4/h12-15,19-20H,1-11H3,(H,26,31)(H,27,29). The molecule has 0 saturated carbocycles. The number of ether oxygens (including phenoxy) is 1. The zero-order valence-corrected chi connectivity index (χ0v) is 21.5. The van der Waals surface area contributed by atoms with Crippen molar-refractivity contribution in [2.45, 2.75) is 92.5 Å². The normalized spacial score (nSPS) is 13.9. The molecular weight excluding hydrogens is 406 g/mol. The van der Waals surface area contributed by atoms with Crippen molar-refractivity contribution in [1.29, 1.82) is 0 Å². The molecule has 7 nitrogen and oxygen atoms in total. The van der Waals surface area contributed by atoms with E-state index < -0.39 is 29.3 Å². The van der Waals surface area contributed by atoms with Gasteiger partial charge in [0.05, 0.1) is 0 Å². The molecule has 0 spiro atoms. The number of amides is 3. The van der Waals surface area contributed by atoms with E-state index >= 15 is 0 Å². The molecule has 7 heteroatoms. The molecule has 32 heavy (non-hydrogen) atoms.